The van der Waals surface area contributed by atoms with Crippen LogP contribution in [0.15, 0.2) is 0 Å². The molecule has 0 bridgehead atoms. The Balaban J connectivity index is 2.15. The summed E-state index contributed by atoms with van der Waals surface area (Å²) < 4.78 is 4.63. The van der Waals surface area contributed by atoms with Gasteiger partial charge in [0.25, 0.3) is 0 Å². The zero-order valence-electron chi connectivity index (χ0n) is 11.4. The number of methoxy groups -OCH3 is 1. The topological polar surface area (TPSA) is 32.8 Å². The fourth-order valence-corrected chi connectivity index (χ4v) is 2.56. The second kappa shape index (κ2) is 7.67. The smallest absolute Gasteiger partial charge is 0.305 e. The zero-order valence-corrected chi connectivity index (χ0v) is 11.4. The van der Waals surface area contributed by atoms with Gasteiger partial charge in [0, 0.05) is 19.0 Å². The Bertz CT molecular complexity index is 233. The van der Waals surface area contributed by atoms with Gasteiger partial charge in [-0.25, -0.2) is 0 Å². The molecule has 4 heteroatoms. The van der Waals surface area contributed by atoms with Gasteiger partial charge >= 0.3 is 5.97 Å². The molecular formula is C13H26N2O2. The van der Waals surface area contributed by atoms with E-state index in [0.717, 1.165) is 26.1 Å². The van der Waals surface area contributed by atoms with Crippen molar-refractivity contribution >= 4 is 5.97 Å². The van der Waals surface area contributed by atoms with Gasteiger partial charge in [-0.3, -0.25) is 9.69 Å². The van der Waals surface area contributed by atoms with Crippen LogP contribution in [0, 0.1) is 0 Å². The van der Waals surface area contributed by atoms with Crippen LogP contribution in [-0.4, -0.2) is 62.1 Å². The van der Waals surface area contributed by atoms with Gasteiger partial charge in [-0.1, -0.05) is 6.92 Å². The van der Waals surface area contributed by atoms with E-state index in [9.17, 15) is 4.79 Å². The molecule has 0 saturated carbocycles. The second-order valence-corrected chi connectivity index (χ2v) is 4.87. The maximum absolute atomic E-state index is 11.0. The lowest BCUT2D eigenvalue weighted by atomic mass is 10.2. The van der Waals surface area contributed by atoms with Crippen molar-refractivity contribution in [3.63, 3.8) is 0 Å². The molecule has 0 aromatic carbocycles. The summed E-state index contributed by atoms with van der Waals surface area (Å²) in [6.45, 7) is 6.73. The molecule has 1 atom stereocenters. The van der Waals surface area contributed by atoms with Crippen molar-refractivity contribution in [2.45, 2.75) is 38.6 Å². The SMILES string of the molecule is CCN1CCCC1CN(C)CCCC(=O)OC. The van der Waals surface area contributed by atoms with Crippen molar-refractivity contribution in [3.05, 3.63) is 0 Å². The second-order valence-electron chi connectivity index (χ2n) is 4.87. The normalized spacial score (nSPS) is 21.1. The first-order chi connectivity index (χ1) is 8.17. The van der Waals surface area contributed by atoms with E-state index in [1.807, 2.05) is 0 Å². The molecule has 4 nitrogen and oxygen atoms in total. The van der Waals surface area contributed by atoms with Gasteiger partial charge in [-0.05, 0) is 45.9 Å². The number of rotatable bonds is 7. The molecule has 100 valence electrons. The van der Waals surface area contributed by atoms with Crippen molar-refractivity contribution < 1.29 is 9.53 Å². The summed E-state index contributed by atoms with van der Waals surface area (Å²) in [6.07, 6.45) is 4.06. The minimum Gasteiger partial charge on any atom is -0.469 e. The van der Waals surface area contributed by atoms with Gasteiger partial charge in [0.05, 0.1) is 7.11 Å². The number of hydrogen-bond donors (Lipinski definition) is 0. The van der Waals surface area contributed by atoms with Crippen LogP contribution in [0.1, 0.15) is 32.6 Å². The van der Waals surface area contributed by atoms with E-state index in [4.69, 9.17) is 0 Å². The first kappa shape index (κ1) is 14.5. The minimum atomic E-state index is -0.102. The number of carbonyl (C=O) groups is 1. The first-order valence-corrected chi connectivity index (χ1v) is 6.66. The highest BCUT2D eigenvalue weighted by molar-refractivity contribution is 5.69. The number of likely N-dealkylation sites (N-methyl/N-ethyl adjacent to an activating group) is 2. The number of hydrogen-bond acceptors (Lipinski definition) is 4. The van der Waals surface area contributed by atoms with Crippen LogP contribution < -0.4 is 0 Å². The van der Waals surface area contributed by atoms with Crippen LogP contribution in [0.3, 0.4) is 0 Å². The Hall–Kier alpha value is -0.610. The molecule has 17 heavy (non-hydrogen) atoms. The molecule has 1 saturated heterocycles. The van der Waals surface area contributed by atoms with E-state index in [0.29, 0.717) is 12.5 Å². The number of esters is 1. The van der Waals surface area contributed by atoms with Crippen molar-refractivity contribution in [1.29, 1.82) is 0 Å². The third kappa shape index (κ3) is 5.04. The highest BCUT2D eigenvalue weighted by atomic mass is 16.5. The standard InChI is InChI=1S/C13H26N2O2/c1-4-15-10-5-7-12(15)11-14(2)9-6-8-13(16)17-3/h12H,4-11H2,1-3H3. The first-order valence-electron chi connectivity index (χ1n) is 6.66. The molecular weight excluding hydrogens is 216 g/mol. The van der Waals surface area contributed by atoms with E-state index in [1.165, 1.54) is 26.5 Å². The van der Waals surface area contributed by atoms with E-state index in [1.54, 1.807) is 0 Å². The monoisotopic (exact) mass is 242 g/mol. The molecule has 0 aliphatic carbocycles. The molecule has 0 radical (unpaired) electrons. The fraction of sp³-hybridized carbons (Fsp3) is 0.923. The molecule has 1 aliphatic rings. The van der Waals surface area contributed by atoms with E-state index < -0.39 is 0 Å². The summed E-state index contributed by atoms with van der Waals surface area (Å²) in [7, 11) is 3.59. The van der Waals surface area contributed by atoms with Gasteiger partial charge < -0.3 is 9.64 Å². The largest absolute Gasteiger partial charge is 0.469 e. The summed E-state index contributed by atoms with van der Waals surface area (Å²) in [5.41, 5.74) is 0. The number of carbonyl (C=O) groups excluding carboxylic acids is 1. The molecule has 0 N–H and O–H groups in total. The Kier molecular flexibility index (Phi) is 6.52. The van der Waals surface area contributed by atoms with Gasteiger partial charge in [-0.2, -0.15) is 0 Å². The highest BCUT2D eigenvalue weighted by Gasteiger charge is 2.23. The predicted molar refractivity (Wildman–Crippen MR) is 69.0 cm³/mol. The molecule has 1 fully saturated rings. The van der Waals surface area contributed by atoms with Gasteiger partial charge in [0.15, 0.2) is 0 Å². The molecule has 0 aromatic heterocycles. The number of likely N-dealkylation sites (tertiary alicyclic amines) is 1. The molecule has 0 aromatic rings. The number of nitrogens with zero attached hydrogens (tertiary/aromatic N) is 2. The van der Waals surface area contributed by atoms with Gasteiger partial charge in [0.2, 0.25) is 0 Å². The maximum atomic E-state index is 11.0. The van der Waals surface area contributed by atoms with Gasteiger partial charge in [0.1, 0.15) is 0 Å². The Morgan fingerprint density at radius 2 is 2.29 bits per heavy atom. The molecule has 1 unspecified atom stereocenters. The Morgan fingerprint density at radius 3 is 2.94 bits per heavy atom. The average Bonchev–Trinajstić information content (AvgIpc) is 2.76. The summed E-state index contributed by atoms with van der Waals surface area (Å²) in [6, 6.07) is 0.711. The molecule has 0 amide bonds. The van der Waals surface area contributed by atoms with E-state index in [2.05, 4.69) is 28.5 Å². The number of ether oxygens (including phenoxy) is 1. The third-order valence-electron chi connectivity index (χ3n) is 3.58. The minimum absolute atomic E-state index is 0.102. The summed E-state index contributed by atoms with van der Waals surface area (Å²) >= 11 is 0. The predicted octanol–water partition coefficient (Wildman–Crippen LogP) is 1.36. The molecule has 0 spiro atoms. The fourth-order valence-electron chi connectivity index (χ4n) is 2.56. The maximum Gasteiger partial charge on any atom is 0.305 e. The van der Waals surface area contributed by atoms with Crippen LogP contribution in [-0.2, 0) is 9.53 Å². The molecule has 1 rings (SSSR count). The Labute approximate surface area is 105 Å². The Morgan fingerprint density at radius 1 is 1.53 bits per heavy atom. The third-order valence-corrected chi connectivity index (χ3v) is 3.58. The van der Waals surface area contributed by atoms with Crippen LogP contribution in [0.25, 0.3) is 0 Å². The van der Waals surface area contributed by atoms with Crippen LogP contribution in [0.4, 0.5) is 0 Å². The van der Waals surface area contributed by atoms with Crippen LogP contribution >= 0.6 is 0 Å². The lowest BCUT2D eigenvalue weighted by molar-refractivity contribution is -0.140. The summed E-state index contributed by atoms with van der Waals surface area (Å²) in [4.78, 5) is 15.9. The lowest BCUT2D eigenvalue weighted by Gasteiger charge is -2.27. The van der Waals surface area contributed by atoms with Crippen molar-refractivity contribution in [2.24, 2.45) is 0 Å². The van der Waals surface area contributed by atoms with Crippen LogP contribution in [0.2, 0.25) is 0 Å². The lowest BCUT2D eigenvalue weighted by Crippen LogP contribution is -2.39. The zero-order chi connectivity index (χ0) is 12.7. The summed E-state index contributed by atoms with van der Waals surface area (Å²) in [5, 5.41) is 0. The van der Waals surface area contributed by atoms with Crippen molar-refractivity contribution in [2.75, 3.05) is 40.3 Å². The van der Waals surface area contributed by atoms with Crippen molar-refractivity contribution in [3.8, 4) is 0 Å². The quantitative estimate of drug-likeness (QED) is 0.631. The average molecular weight is 242 g/mol. The van der Waals surface area contributed by atoms with Crippen LogP contribution in [0.5, 0.6) is 0 Å². The van der Waals surface area contributed by atoms with E-state index in [-0.39, 0.29) is 5.97 Å². The summed E-state index contributed by atoms with van der Waals surface area (Å²) in [5.74, 6) is -0.102. The van der Waals surface area contributed by atoms with E-state index >= 15 is 0 Å². The molecule has 1 aliphatic heterocycles. The highest BCUT2D eigenvalue weighted by Crippen LogP contribution is 2.17. The molecule has 1 heterocycles. The van der Waals surface area contributed by atoms with Gasteiger partial charge in [-0.15, -0.1) is 0 Å². The van der Waals surface area contributed by atoms with Crippen molar-refractivity contribution in [1.82, 2.24) is 9.80 Å².